The highest BCUT2D eigenvalue weighted by Gasteiger charge is 2.14. The Kier molecular flexibility index (Phi) is 3.48. The third kappa shape index (κ3) is 2.42. The van der Waals surface area contributed by atoms with Crippen LogP contribution in [0.15, 0.2) is 46.9 Å². The molecule has 102 valence electrons. The molecule has 3 aromatic rings. The second-order valence-electron chi connectivity index (χ2n) is 4.79. The van der Waals surface area contributed by atoms with Gasteiger partial charge in [0, 0.05) is 5.56 Å². The fourth-order valence-electron chi connectivity index (χ4n) is 2.24. The minimum Gasteiger partial charge on any atom is -0.419 e. The highest BCUT2D eigenvalue weighted by Crippen LogP contribution is 2.24. The Balaban J connectivity index is 1.94. The van der Waals surface area contributed by atoms with Crippen molar-refractivity contribution in [3.05, 3.63) is 48.4 Å². The molecule has 0 saturated carbocycles. The van der Waals surface area contributed by atoms with E-state index in [4.69, 9.17) is 4.42 Å². The molecule has 20 heavy (non-hydrogen) atoms. The van der Waals surface area contributed by atoms with Crippen LogP contribution in [0.25, 0.3) is 22.2 Å². The van der Waals surface area contributed by atoms with E-state index >= 15 is 0 Å². The first-order valence-corrected chi connectivity index (χ1v) is 6.84. The van der Waals surface area contributed by atoms with Crippen LogP contribution in [-0.2, 0) is 0 Å². The quantitative estimate of drug-likeness (QED) is 0.785. The van der Waals surface area contributed by atoms with Gasteiger partial charge in [-0.1, -0.05) is 37.3 Å². The molecule has 1 atom stereocenters. The lowest BCUT2D eigenvalue weighted by Gasteiger charge is -2.05. The van der Waals surface area contributed by atoms with Gasteiger partial charge < -0.3 is 9.73 Å². The van der Waals surface area contributed by atoms with Crippen LogP contribution >= 0.6 is 0 Å². The number of hydrogen-bond donors (Lipinski definition) is 1. The summed E-state index contributed by atoms with van der Waals surface area (Å²) in [7, 11) is 0. The van der Waals surface area contributed by atoms with Crippen molar-refractivity contribution in [1.29, 1.82) is 0 Å². The fourth-order valence-corrected chi connectivity index (χ4v) is 2.24. The van der Waals surface area contributed by atoms with Crippen molar-refractivity contribution in [2.75, 3.05) is 6.54 Å². The van der Waals surface area contributed by atoms with E-state index in [1.165, 1.54) is 10.8 Å². The van der Waals surface area contributed by atoms with Gasteiger partial charge >= 0.3 is 0 Å². The molecule has 1 aromatic heterocycles. The third-order valence-corrected chi connectivity index (χ3v) is 3.32. The van der Waals surface area contributed by atoms with Crippen LogP contribution in [0.2, 0.25) is 0 Å². The summed E-state index contributed by atoms with van der Waals surface area (Å²) in [5, 5.41) is 13.9. The van der Waals surface area contributed by atoms with E-state index in [1.807, 2.05) is 25.1 Å². The summed E-state index contributed by atoms with van der Waals surface area (Å²) in [5.74, 6) is 1.19. The van der Waals surface area contributed by atoms with E-state index in [0.29, 0.717) is 11.8 Å². The number of benzene rings is 2. The molecule has 1 heterocycles. The number of aromatic nitrogens is 2. The van der Waals surface area contributed by atoms with Crippen molar-refractivity contribution in [3.63, 3.8) is 0 Å². The number of rotatable bonds is 4. The summed E-state index contributed by atoms with van der Waals surface area (Å²) in [6.07, 6.45) is 0. The van der Waals surface area contributed by atoms with Crippen molar-refractivity contribution < 1.29 is 4.42 Å². The predicted molar refractivity (Wildman–Crippen MR) is 79.3 cm³/mol. The van der Waals surface area contributed by atoms with Gasteiger partial charge in [0.25, 0.3) is 0 Å². The van der Waals surface area contributed by atoms with Crippen LogP contribution in [-0.4, -0.2) is 16.7 Å². The molecule has 4 nitrogen and oxygen atoms in total. The first-order chi connectivity index (χ1) is 9.78. The maximum Gasteiger partial charge on any atom is 0.247 e. The van der Waals surface area contributed by atoms with E-state index in [0.717, 1.165) is 12.1 Å². The van der Waals surface area contributed by atoms with Crippen molar-refractivity contribution >= 4 is 10.8 Å². The number of nitrogens with one attached hydrogen (secondary N) is 1. The maximum atomic E-state index is 5.75. The van der Waals surface area contributed by atoms with Crippen LogP contribution in [0.1, 0.15) is 25.8 Å². The zero-order valence-corrected chi connectivity index (χ0v) is 11.6. The SMILES string of the molecule is CCNC(C)c1nnc(-c2ccc3ccccc3c2)o1. The molecule has 0 bridgehead atoms. The topological polar surface area (TPSA) is 51.0 Å². The van der Waals surface area contributed by atoms with Crippen molar-refractivity contribution in [2.45, 2.75) is 19.9 Å². The van der Waals surface area contributed by atoms with Gasteiger partial charge in [0.05, 0.1) is 6.04 Å². The van der Waals surface area contributed by atoms with Gasteiger partial charge in [-0.2, -0.15) is 0 Å². The molecule has 0 aliphatic heterocycles. The molecule has 1 N–H and O–H groups in total. The normalized spacial score (nSPS) is 12.7. The third-order valence-electron chi connectivity index (χ3n) is 3.32. The van der Waals surface area contributed by atoms with Gasteiger partial charge in [-0.05, 0) is 36.4 Å². The summed E-state index contributed by atoms with van der Waals surface area (Å²) in [4.78, 5) is 0. The van der Waals surface area contributed by atoms with Crippen LogP contribution < -0.4 is 5.32 Å². The lowest BCUT2D eigenvalue weighted by molar-refractivity contribution is 0.429. The van der Waals surface area contributed by atoms with Gasteiger partial charge in [-0.25, -0.2) is 0 Å². The summed E-state index contributed by atoms with van der Waals surface area (Å²) in [5.41, 5.74) is 0.950. The summed E-state index contributed by atoms with van der Waals surface area (Å²) < 4.78 is 5.75. The maximum absolute atomic E-state index is 5.75. The molecule has 0 radical (unpaired) electrons. The highest BCUT2D eigenvalue weighted by atomic mass is 16.4. The van der Waals surface area contributed by atoms with Crippen molar-refractivity contribution in [1.82, 2.24) is 15.5 Å². The minimum absolute atomic E-state index is 0.0710. The van der Waals surface area contributed by atoms with Gasteiger partial charge in [-0.15, -0.1) is 10.2 Å². The molecule has 4 heteroatoms. The van der Waals surface area contributed by atoms with Gasteiger partial charge in [0.1, 0.15) is 0 Å². The summed E-state index contributed by atoms with van der Waals surface area (Å²) in [6.45, 7) is 4.94. The Morgan fingerprint density at radius 1 is 1.10 bits per heavy atom. The van der Waals surface area contributed by atoms with Crippen molar-refractivity contribution in [3.8, 4) is 11.5 Å². The first-order valence-electron chi connectivity index (χ1n) is 6.84. The Hall–Kier alpha value is -2.20. The molecule has 0 aliphatic carbocycles. The van der Waals surface area contributed by atoms with E-state index in [-0.39, 0.29) is 6.04 Å². The molecule has 0 aliphatic rings. The van der Waals surface area contributed by atoms with Crippen LogP contribution in [0.3, 0.4) is 0 Å². The molecule has 3 rings (SSSR count). The zero-order chi connectivity index (χ0) is 13.9. The second-order valence-corrected chi connectivity index (χ2v) is 4.79. The Labute approximate surface area is 117 Å². The van der Waals surface area contributed by atoms with E-state index in [9.17, 15) is 0 Å². The zero-order valence-electron chi connectivity index (χ0n) is 11.6. The number of fused-ring (bicyclic) bond motifs is 1. The standard InChI is InChI=1S/C16H17N3O/c1-3-17-11(2)15-18-19-16(20-15)14-9-8-12-6-4-5-7-13(12)10-14/h4-11,17H,3H2,1-2H3. The van der Waals surface area contributed by atoms with Crippen LogP contribution in [0, 0.1) is 0 Å². The molecule has 0 fully saturated rings. The molecule has 2 aromatic carbocycles. The lowest BCUT2D eigenvalue weighted by atomic mass is 10.1. The van der Waals surface area contributed by atoms with Crippen LogP contribution in [0.4, 0.5) is 0 Å². The lowest BCUT2D eigenvalue weighted by Crippen LogP contribution is -2.17. The first kappa shape index (κ1) is 12.8. The Morgan fingerprint density at radius 2 is 1.90 bits per heavy atom. The average Bonchev–Trinajstić information content (AvgIpc) is 2.97. The number of hydrogen-bond acceptors (Lipinski definition) is 4. The largest absolute Gasteiger partial charge is 0.419 e. The molecular weight excluding hydrogens is 250 g/mol. The molecule has 0 saturated heterocycles. The second kappa shape index (κ2) is 5.43. The number of nitrogens with zero attached hydrogens (tertiary/aromatic N) is 2. The monoisotopic (exact) mass is 267 g/mol. The average molecular weight is 267 g/mol. The van der Waals surface area contributed by atoms with Crippen LogP contribution in [0.5, 0.6) is 0 Å². The Bertz CT molecular complexity index is 720. The summed E-state index contributed by atoms with van der Waals surface area (Å²) in [6, 6.07) is 14.5. The highest BCUT2D eigenvalue weighted by molar-refractivity contribution is 5.86. The molecular formula is C16H17N3O. The van der Waals surface area contributed by atoms with Crippen molar-refractivity contribution in [2.24, 2.45) is 0 Å². The molecule has 1 unspecified atom stereocenters. The minimum atomic E-state index is 0.0710. The van der Waals surface area contributed by atoms with Gasteiger partial charge in [0.15, 0.2) is 0 Å². The van der Waals surface area contributed by atoms with E-state index in [2.05, 4.69) is 46.7 Å². The van der Waals surface area contributed by atoms with E-state index in [1.54, 1.807) is 0 Å². The van der Waals surface area contributed by atoms with Gasteiger partial charge in [0.2, 0.25) is 11.8 Å². The fraction of sp³-hybridized carbons (Fsp3) is 0.250. The Morgan fingerprint density at radius 3 is 2.70 bits per heavy atom. The predicted octanol–water partition coefficient (Wildman–Crippen LogP) is 3.56. The van der Waals surface area contributed by atoms with E-state index < -0.39 is 0 Å². The summed E-state index contributed by atoms with van der Waals surface area (Å²) >= 11 is 0. The molecule has 0 spiro atoms. The molecule has 0 amide bonds. The van der Waals surface area contributed by atoms with Gasteiger partial charge in [-0.3, -0.25) is 0 Å². The smallest absolute Gasteiger partial charge is 0.247 e.